The second kappa shape index (κ2) is 7.63. The fourth-order valence-corrected chi connectivity index (χ4v) is 2.92. The molecule has 7 heteroatoms. The van der Waals surface area contributed by atoms with E-state index in [1.807, 2.05) is 30.3 Å². The first-order chi connectivity index (χ1) is 13.2. The maximum atomic E-state index is 6.08. The Bertz CT molecular complexity index is 1060. The van der Waals surface area contributed by atoms with Crippen LogP contribution in [0.5, 0.6) is 11.6 Å². The first-order valence-corrected chi connectivity index (χ1v) is 9.11. The molecule has 2 heterocycles. The van der Waals surface area contributed by atoms with Crippen LogP contribution in [0.2, 0.25) is 5.28 Å². The van der Waals surface area contributed by atoms with Crippen LogP contribution in [0.15, 0.2) is 60.7 Å². The summed E-state index contributed by atoms with van der Waals surface area (Å²) in [5, 5.41) is 15.7. The third-order valence-electron chi connectivity index (χ3n) is 4.06. The van der Waals surface area contributed by atoms with Gasteiger partial charge in [0, 0.05) is 23.9 Å². The summed E-state index contributed by atoms with van der Waals surface area (Å²) in [6.07, 6.45) is 1.06. The van der Waals surface area contributed by atoms with Gasteiger partial charge in [0.1, 0.15) is 5.75 Å². The van der Waals surface area contributed by atoms with Gasteiger partial charge in [0.05, 0.1) is 0 Å². The number of halogens is 1. The molecule has 0 aliphatic carbocycles. The molecule has 2 aromatic heterocycles. The molecule has 0 radical (unpaired) electrons. The van der Waals surface area contributed by atoms with Crippen molar-refractivity contribution in [1.29, 1.82) is 0 Å². The SMILES string of the molecule is CCCNc1ccc(Oc2ccc3nnc(Cl)n3n2)c(-c2ccccc2)c1. The molecule has 0 fully saturated rings. The quantitative estimate of drug-likeness (QED) is 0.507. The first kappa shape index (κ1) is 17.3. The molecule has 0 spiro atoms. The third-order valence-corrected chi connectivity index (χ3v) is 4.29. The first-order valence-electron chi connectivity index (χ1n) is 8.74. The number of anilines is 1. The van der Waals surface area contributed by atoms with Crippen molar-refractivity contribution in [1.82, 2.24) is 19.8 Å². The highest BCUT2D eigenvalue weighted by molar-refractivity contribution is 6.28. The van der Waals surface area contributed by atoms with Crippen LogP contribution in [0.25, 0.3) is 16.8 Å². The van der Waals surface area contributed by atoms with Crippen molar-refractivity contribution < 1.29 is 4.74 Å². The van der Waals surface area contributed by atoms with Gasteiger partial charge in [-0.25, -0.2) is 0 Å². The summed E-state index contributed by atoms with van der Waals surface area (Å²) in [4.78, 5) is 0. The predicted molar refractivity (Wildman–Crippen MR) is 107 cm³/mol. The molecule has 0 saturated carbocycles. The number of benzene rings is 2. The molecule has 6 nitrogen and oxygen atoms in total. The number of aromatic nitrogens is 4. The van der Waals surface area contributed by atoms with Crippen LogP contribution in [-0.2, 0) is 0 Å². The molecular weight excluding hydrogens is 362 g/mol. The maximum Gasteiger partial charge on any atom is 0.246 e. The summed E-state index contributed by atoms with van der Waals surface area (Å²) >= 11 is 6.01. The Labute approximate surface area is 161 Å². The Morgan fingerprint density at radius 1 is 1.04 bits per heavy atom. The smallest absolute Gasteiger partial charge is 0.246 e. The summed E-state index contributed by atoms with van der Waals surface area (Å²) in [6.45, 7) is 3.05. The Morgan fingerprint density at radius 2 is 1.89 bits per heavy atom. The van der Waals surface area contributed by atoms with Gasteiger partial charge in [-0.3, -0.25) is 0 Å². The molecule has 0 aliphatic rings. The highest BCUT2D eigenvalue weighted by atomic mass is 35.5. The minimum atomic E-state index is 0.192. The molecule has 4 aromatic rings. The Balaban J connectivity index is 1.72. The number of nitrogens with one attached hydrogen (secondary N) is 1. The Kier molecular flexibility index (Phi) is 4.89. The lowest BCUT2D eigenvalue weighted by Gasteiger charge is -2.14. The van der Waals surface area contributed by atoms with Gasteiger partial charge < -0.3 is 10.1 Å². The lowest BCUT2D eigenvalue weighted by atomic mass is 10.0. The lowest BCUT2D eigenvalue weighted by molar-refractivity contribution is 0.454. The van der Waals surface area contributed by atoms with Crippen molar-refractivity contribution in [2.45, 2.75) is 13.3 Å². The van der Waals surface area contributed by atoms with Crippen molar-refractivity contribution in [2.24, 2.45) is 0 Å². The van der Waals surface area contributed by atoms with Crippen LogP contribution >= 0.6 is 11.6 Å². The van der Waals surface area contributed by atoms with Crippen molar-refractivity contribution in [3.63, 3.8) is 0 Å². The van der Waals surface area contributed by atoms with Crippen LogP contribution in [-0.4, -0.2) is 26.4 Å². The molecule has 1 N–H and O–H groups in total. The van der Waals surface area contributed by atoms with E-state index in [4.69, 9.17) is 16.3 Å². The van der Waals surface area contributed by atoms with E-state index < -0.39 is 0 Å². The summed E-state index contributed by atoms with van der Waals surface area (Å²) in [5.74, 6) is 1.12. The van der Waals surface area contributed by atoms with Gasteiger partial charge in [-0.2, -0.15) is 4.52 Å². The molecule has 0 aliphatic heterocycles. The zero-order chi connectivity index (χ0) is 18.6. The van der Waals surface area contributed by atoms with Crippen molar-refractivity contribution >= 4 is 22.9 Å². The highest BCUT2D eigenvalue weighted by Crippen LogP contribution is 2.35. The largest absolute Gasteiger partial charge is 0.437 e. The number of hydrogen-bond donors (Lipinski definition) is 1. The fraction of sp³-hybridized carbons (Fsp3) is 0.150. The van der Waals surface area contributed by atoms with Crippen molar-refractivity contribution in [2.75, 3.05) is 11.9 Å². The zero-order valence-corrected chi connectivity index (χ0v) is 15.5. The minimum Gasteiger partial charge on any atom is -0.437 e. The molecule has 0 amide bonds. The predicted octanol–water partition coefficient (Wildman–Crippen LogP) is 5.06. The van der Waals surface area contributed by atoms with Gasteiger partial charge in [0.15, 0.2) is 5.65 Å². The number of nitrogens with zero attached hydrogens (tertiary/aromatic N) is 4. The summed E-state index contributed by atoms with van der Waals surface area (Å²) in [5.41, 5.74) is 3.66. The number of rotatable bonds is 6. The second-order valence-corrected chi connectivity index (χ2v) is 6.35. The van der Waals surface area contributed by atoms with Crippen LogP contribution in [0.1, 0.15) is 13.3 Å². The molecule has 4 rings (SSSR count). The molecule has 27 heavy (non-hydrogen) atoms. The number of hydrogen-bond acceptors (Lipinski definition) is 5. The van der Waals surface area contributed by atoms with E-state index in [0.717, 1.165) is 29.8 Å². The van der Waals surface area contributed by atoms with Gasteiger partial charge in [-0.05, 0) is 47.9 Å². The van der Waals surface area contributed by atoms with Gasteiger partial charge in [-0.15, -0.1) is 15.3 Å². The summed E-state index contributed by atoms with van der Waals surface area (Å²) < 4.78 is 7.52. The minimum absolute atomic E-state index is 0.192. The zero-order valence-electron chi connectivity index (χ0n) is 14.8. The molecular formula is C20H18ClN5O. The van der Waals surface area contributed by atoms with Crippen molar-refractivity contribution in [3.8, 4) is 22.8 Å². The standard InChI is InChI=1S/C20H18ClN5O/c1-2-12-22-15-8-9-17(16(13-15)14-6-4-3-5-7-14)27-19-11-10-18-23-24-20(21)26(18)25-19/h3-11,13,22H,2,12H2,1H3. The van der Waals surface area contributed by atoms with E-state index in [0.29, 0.717) is 17.3 Å². The normalized spacial score (nSPS) is 10.9. The topological polar surface area (TPSA) is 64.3 Å². The molecule has 0 saturated heterocycles. The molecule has 0 atom stereocenters. The highest BCUT2D eigenvalue weighted by Gasteiger charge is 2.11. The monoisotopic (exact) mass is 379 g/mol. The van der Waals surface area contributed by atoms with E-state index >= 15 is 0 Å². The maximum absolute atomic E-state index is 6.08. The molecule has 0 unspecified atom stereocenters. The Morgan fingerprint density at radius 3 is 2.70 bits per heavy atom. The second-order valence-electron chi connectivity index (χ2n) is 6.02. The van der Waals surface area contributed by atoms with Crippen molar-refractivity contribution in [3.05, 3.63) is 65.9 Å². The van der Waals surface area contributed by atoms with Gasteiger partial charge >= 0.3 is 0 Å². The van der Waals surface area contributed by atoms with Gasteiger partial charge in [0.2, 0.25) is 11.2 Å². The molecule has 2 aromatic carbocycles. The van der Waals surface area contributed by atoms with Gasteiger partial charge in [0.25, 0.3) is 0 Å². The van der Waals surface area contributed by atoms with Crippen LogP contribution in [0, 0.1) is 0 Å². The van der Waals surface area contributed by atoms with E-state index in [1.54, 1.807) is 12.1 Å². The lowest BCUT2D eigenvalue weighted by Crippen LogP contribution is -2.01. The van der Waals surface area contributed by atoms with Crippen LogP contribution < -0.4 is 10.1 Å². The van der Waals surface area contributed by atoms with Gasteiger partial charge in [-0.1, -0.05) is 37.3 Å². The van der Waals surface area contributed by atoms with Crippen LogP contribution in [0.3, 0.4) is 0 Å². The number of ether oxygens (including phenoxy) is 1. The summed E-state index contributed by atoms with van der Waals surface area (Å²) in [6, 6.07) is 19.7. The average molecular weight is 380 g/mol. The van der Waals surface area contributed by atoms with E-state index in [2.05, 4.69) is 45.7 Å². The van der Waals surface area contributed by atoms with E-state index in [1.165, 1.54) is 4.52 Å². The van der Waals surface area contributed by atoms with Crippen LogP contribution in [0.4, 0.5) is 5.69 Å². The fourth-order valence-electron chi connectivity index (χ4n) is 2.75. The molecule has 0 bridgehead atoms. The third kappa shape index (κ3) is 3.71. The molecule has 136 valence electrons. The average Bonchev–Trinajstić information content (AvgIpc) is 3.08. The Hall–Kier alpha value is -3.12. The van der Waals surface area contributed by atoms with E-state index in [9.17, 15) is 0 Å². The number of fused-ring (bicyclic) bond motifs is 1. The van der Waals surface area contributed by atoms with E-state index in [-0.39, 0.29) is 5.28 Å². The summed E-state index contributed by atoms with van der Waals surface area (Å²) in [7, 11) is 0.